The van der Waals surface area contributed by atoms with Crippen molar-refractivity contribution in [2.75, 3.05) is 11.4 Å². The number of amides is 1. The predicted octanol–water partition coefficient (Wildman–Crippen LogP) is 2.72. The van der Waals surface area contributed by atoms with Gasteiger partial charge in [0.1, 0.15) is 6.61 Å². The van der Waals surface area contributed by atoms with Gasteiger partial charge in [-0.05, 0) is 25.0 Å². The highest BCUT2D eigenvalue weighted by atomic mass is 32.1. The Morgan fingerprint density at radius 1 is 1.31 bits per heavy atom. The lowest BCUT2D eigenvalue weighted by atomic mass is 10.1. The van der Waals surface area contributed by atoms with Crippen LogP contribution in [0.5, 0.6) is 0 Å². The van der Waals surface area contributed by atoms with Crippen molar-refractivity contribution in [2.45, 2.75) is 33.3 Å². The van der Waals surface area contributed by atoms with Crippen LogP contribution < -0.4 is 10.5 Å². The number of thiazole rings is 1. The fourth-order valence-electron chi connectivity index (χ4n) is 3.61. The fourth-order valence-corrected chi connectivity index (χ4v) is 4.50. The first kappa shape index (κ1) is 19.3. The second-order valence-corrected chi connectivity index (χ2v) is 7.91. The predicted molar refractivity (Wildman–Crippen MR) is 110 cm³/mol. The van der Waals surface area contributed by atoms with E-state index in [2.05, 4.69) is 4.98 Å². The zero-order valence-corrected chi connectivity index (χ0v) is 17.1. The first-order valence-electron chi connectivity index (χ1n) is 9.49. The highest BCUT2D eigenvalue weighted by Gasteiger charge is 2.36. The highest BCUT2D eigenvalue weighted by molar-refractivity contribution is 7.15. The molecule has 1 aromatic carbocycles. The Labute approximate surface area is 171 Å². The SMILES string of the molecule is CCc1ccccc1N1C[C@H](C(=O)OCc2cc(=O)n3c(C)csc3n2)CC1=O. The highest BCUT2D eigenvalue weighted by Crippen LogP contribution is 2.29. The number of nitrogens with zero attached hydrogens (tertiary/aromatic N) is 3. The van der Waals surface area contributed by atoms with Gasteiger partial charge in [-0.15, -0.1) is 11.3 Å². The van der Waals surface area contributed by atoms with Crippen molar-refractivity contribution in [3.05, 3.63) is 63.0 Å². The van der Waals surface area contributed by atoms with Crippen molar-refractivity contribution in [3.63, 3.8) is 0 Å². The molecule has 1 aliphatic heterocycles. The molecule has 1 fully saturated rings. The Morgan fingerprint density at radius 3 is 2.90 bits per heavy atom. The van der Waals surface area contributed by atoms with Crippen LogP contribution in [0.2, 0.25) is 0 Å². The molecule has 8 heteroatoms. The molecule has 1 atom stereocenters. The van der Waals surface area contributed by atoms with Crippen LogP contribution in [0.25, 0.3) is 4.96 Å². The van der Waals surface area contributed by atoms with E-state index in [0.717, 1.165) is 23.4 Å². The van der Waals surface area contributed by atoms with Gasteiger partial charge in [-0.1, -0.05) is 25.1 Å². The van der Waals surface area contributed by atoms with E-state index in [-0.39, 0.29) is 24.5 Å². The fraction of sp³-hybridized carbons (Fsp3) is 0.333. The number of ether oxygens (including phenoxy) is 1. The molecule has 7 nitrogen and oxygen atoms in total. The van der Waals surface area contributed by atoms with Crippen LogP contribution >= 0.6 is 11.3 Å². The van der Waals surface area contributed by atoms with Crippen LogP contribution in [-0.2, 0) is 27.4 Å². The molecule has 1 saturated heterocycles. The molecule has 0 spiro atoms. The topological polar surface area (TPSA) is 81.0 Å². The monoisotopic (exact) mass is 411 g/mol. The second kappa shape index (κ2) is 7.79. The van der Waals surface area contributed by atoms with Crippen LogP contribution in [-0.4, -0.2) is 27.8 Å². The number of carbonyl (C=O) groups excluding carboxylic acids is 2. The van der Waals surface area contributed by atoms with Crippen molar-refractivity contribution >= 4 is 33.9 Å². The number of aryl methyl sites for hydroxylation is 2. The van der Waals surface area contributed by atoms with Gasteiger partial charge < -0.3 is 9.64 Å². The van der Waals surface area contributed by atoms with E-state index in [9.17, 15) is 14.4 Å². The number of benzene rings is 1. The lowest BCUT2D eigenvalue weighted by molar-refractivity contribution is -0.149. The molecule has 3 aromatic rings. The van der Waals surface area contributed by atoms with E-state index in [0.29, 0.717) is 17.2 Å². The lowest BCUT2D eigenvalue weighted by Crippen LogP contribution is -2.27. The zero-order valence-electron chi connectivity index (χ0n) is 16.3. The molecule has 0 unspecified atom stereocenters. The summed E-state index contributed by atoms with van der Waals surface area (Å²) >= 11 is 1.36. The smallest absolute Gasteiger partial charge is 0.311 e. The van der Waals surface area contributed by atoms with Gasteiger partial charge in [0.25, 0.3) is 5.56 Å². The minimum atomic E-state index is -0.527. The molecule has 0 aliphatic carbocycles. The Hall–Kier alpha value is -3.00. The van der Waals surface area contributed by atoms with Crippen molar-refractivity contribution in [3.8, 4) is 0 Å². The number of fused-ring (bicyclic) bond motifs is 1. The first-order valence-corrected chi connectivity index (χ1v) is 10.4. The van der Waals surface area contributed by atoms with E-state index in [1.807, 2.05) is 43.5 Å². The van der Waals surface area contributed by atoms with Gasteiger partial charge in [0.05, 0.1) is 11.6 Å². The van der Waals surface area contributed by atoms with Crippen LogP contribution in [0, 0.1) is 12.8 Å². The Morgan fingerprint density at radius 2 is 2.10 bits per heavy atom. The van der Waals surface area contributed by atoms with Gasteiger partial charge in [-0.25, -0.2) is 4.98 Å². The lowest BCUT2D eigenvalue weighted by Gasteiger charge is -2.19. The van der Waals surface area contributed by atoms with E-state index in [1.165, 1.54) is 21.8 Å². The Balaban J connectivity index is 1.44. The molecule has 0 radical (unpaired) electrons. The number of rotatable bonds is 5. The number of para-hydroxylation sites is 1. The maximum atomic E-state index is 12.5. The van der Waals surface area contributed by atoms with Gasteiger partial charge in [0, 0.05) is 35.8 Å². The van der Waals surface area contributed by atoms with E-state index >= 15 is 0 Å². The van der Waals surface area contributed by atoms with Crippen molar-refractivity contribution in [2.24, 2.45) is 5.92 Å². The quantitative estimate of drug-likeness (QED) is 0.603. The third kappa shape index (κ3) is 3.67. The molecule has 0 N–H and O–H groups in total. The maximum Gasteiger partial charge on any atom is 0.311 e. The van der Waals surface area contributed by atoms with Crippen molar-refractivity contribution in [1.82, 2.24) is 9.38 Å². The van der Waals surface area contributed by atoms with Gasteiger partial charge in [0.15, 0.2) is 4.96 Å². The molecule has 0 saturated carbocycles. The van der Waals surface area contributed by atoms with Crippen LogP contribution in [0.3, 0.4) is 0 Å². The summed E-state index contributed by atoms with van der Waals surface area (Å²) in [6, 6.07) is 9.10. The number of anilines is 1. The number of carbonyl (C=O) groups is 2. The van der Waals surface area contributed by atoms with Crippen LogP contribution in [0.4, 0.5) is 5.69 Å². The zero-order chi connectivity index (χ0) is 20.5. The third-order valence-electron chi connectivity index (χ3n) is 5.11. The molecule has 3 heterocycles. The largest absolute Gasteiger partial charge is 0.459 e. The molecule has 2 aromatic heterocycles. The van der Waals surface area contributed by atoms with Gasteiger partial charge in [-0.2, -0.15) is 0 Å². The Bertz CT molecular complexity index is 1150. The summed E-state index contributed by atoms with van der Waals surface area (Å²) in [7, 11) is 0. The number of aromatic nitrogens is 2. The van der Waals surface area contributed by atoms with E-state index in [1.54, 1.807) is 4.90 Å². The summed E-state index contributed by atoms with van der Waals surface area (Å²) in [6.07, 6.45) is 0.928. The summed E-state index contributed by atoms with van der Waals surface area (Å²) in [6.45, 7) is 4.09. The third-order valence-corrected chi connectivity index (χ3v) is 6.06. The molecular formula is C21H21N3O4S. The molecule has 4 rings (SSSR count). The van der Waals surface area contributed by atoms with Crippen LogP contribution in [0.1, 0.15) is 30.3 Å². The first-order chi connectivity index (χ1) is 14.0. The summed E-state index contributed by atoms with van der Waals surface area (Å²) in [4.78, 5) is 43.9. The molecule has 150 valence electrons. The number of hydrogen-bond donors (Lipinski definition) is 0. The normalized spacial score (nSPS) is 16.6. The second-order valence-electron chi connectivity index (χ2n) is 7.08. The van der Waals surface area contributed by atoms with Gasteiger partial charge >= 0.3 is 5.97 Å². The minimum Gasteiger partial charge on any atom is -0.459 e. The van der Waals surface area contributed by atoms with Crippen molar-refractivity contribution < 1.29 is 14.3 Å². The summed E-state index contributed by atoms with van der Waals surface area (Å²) < 4.78 is 6.91. The Kier molecular flexibility index (Phi) is 5.19. The molecule has 0 bridgehead atoms. The summed E-state index contributed by atoms with van der Waals surface area (Å²) in [5, 5.41) is 1.85. The van der Waals surface area contributed by atoms with Gasteiger partial charge in [0.2, 0.25) is 5.91 Å². The average Bonchev–Trinajstić information content (AvgIpc) is 3.29. The van der Waals surface area contributed by atoms with E-state index < -0.39 is 11.9 Å². The molecule has 1 aliphatic rings. The molecule has 1 amide bonds. The summed E-state index contributed by atoms with van der Waals surface area (Å²) in [5.74, 6) is -1.06. The summed E-state index contributed by atoms with van der Waals surface area (Å²) in [5.41, 5.74) is 2.95. The average molecular weight is 411 g/mol. The maximum absolute atomic E-state index is 12.5. The number of esters is 1. The van der Waals surface area contributed by atoms with Gasteiger partial charge in [-0.3, -0.25) is 18.8 Å². The number of hydrogen-bond acceptors (Lipinski definition) is 6. The minimum absolute atomic E-state index is 0.0836. The van der Waals surface area contributed by atoms with Crippen molar-refractivity contribution in [1.29, 1.82) is 0 Å². The van der Waals surface area contributed by atoms with Crippen LogP contribution in [0.15, 0.2) is 40.5 Å². The standard InChI is InChI=1S/C21H21N3O4S/c1-3-14-6-4-5-7-17(14)23-10-15(8-18(23)25)20(27)28-11-16-9-19(26)24-13(2)12-29-21(24)22-16/h4-7,9,12,15H,3,8,10-11H2,1-2H3/t15-/m1/s1. The molecular weight excluding hydrogens is 390 g/mol. The molecule has 29 heavy (non-hydrogen) atoms. The van der Waals surface area contributed by atoms with E-state index in [4.69, 9.17) is 4.74 Å².